The summed E-state index contributed by atoms with van der Waals surface area (Å²) < 4.78 is 22.8. The van der Waals surface area contributed by atoms with Gasteiger partial charge in [0.15, 0.2) is 9.84 Å². The van der Waals surface area contributed by atoms with E-state index in [0.717, 1.165) is 12.0 Å². The van der Waals surface area contributed by atoms with Crippen LogP contribution >= 0.6 is 0 Å². The summed E-state index contributed by atoms with van der Waals surface area (Å²) in [6.45, 7) is 5.67. The Hall–Kier alpha value is -1.36. The second-order valence-corrected chi connectivity index (χ2v) is 6.98. The molecule has 1 atom stereocenters. The predicted molar refractivity (Wildman–Crippen MR) is 75.6 cm³/mol. The summed E-state index contributed by atoms with van der Waals surface area (Å²) in [6, 6.07) is 6.59. The number of rotatable bonds is 5. The van der Waals surface area contributed by atoms with Crippen LogP contribution in [0.25, 0.3) is 0 Å². The number of benzene rings is 1. The van der Waals surface area contributed by atoms with Gasteiger partial charge in [0, 0.05) is 12.2 Å². The molecule has 0 radical (unpaired) electrons. The van der Waals surface area contributed by atoms with Gasteiger partial charge in [-0.25, -0.2) is 8.42 Å². The number of amides is 1. The molecular weight excluding hydrogens is 262 g/mol. The van der Waals surface area contributed by atoms with Gasteiger partial charge in [0.05, 0.1) is 10.9 Å². The lowest BCUT2D eigenvalue weighted by Crippen LogP contribution is -2.31. The van der Waals surface area contributed by atoms with Gasteiger partial charge in [-0.1, -0.05) is 32.9 Å². The van der Waals surface area contributed by atoms with E-state index in [0.29, 0.717) is 4.90 Å². The smallest absolute Gasteiger partial charge is 0.223 e. The number of sulfone groups is 1. The Bertz CT molecular complexity index is 532. The highest BCUT2D eigenvalue weighted by Gasteiger charge is 2.15. The molecule has 1 aromatic rings. The number of carbonyl (C=O) groups excluding carboxylic acids is 1. The van der Waals surface area contributed by atoms with Gasteiger partial charge >= 0.3 is 0 Å². The van der Waals surface area contributed by atoms with E-state index in [1.54, 1.807) is 24.3 Å². The molecule has 0 fully saturated rings. The minimum absolute atomic E-state index is 0.000889. The summed E-state index contributed by atoms with van der Waals surface area (Å²) >= 11 is 0. The molecule has 1 rings (SSSR count). The molecule has 0 heterocycles. The third kappa shape index (κ3) is 4.35. The fourth-order valence-electron chi connectivity index (χ4n) is 1.71. The van der Waals surface area contributed by atoms with E-state index < -0.39 is 9.84 Å². The van der Waals surface area contributed by atoms with Gasteiger partial charge in [-0.3, -0.25) is 4.79 Å². The van der Waals surface area contributed by atoms with Crippen LogP contribution in [0.1, 0.15) is 38.8 Å². The van der Waals surface area contributed by atoms with Crippen LogP contribution < -0.4 is 5.32 Å². The summed E-state index contributed by atoms with van der Waals surface area (Å²) in [4.78, 5) is 12.0. The van der Waals surface area contributed by atoms with E-state index in [9.17, 15) is 13.2 Å². The number of hydrogen-bond acceptors (Lipinski definition) is 3. The third-order valence-electron chi connectivity index (χ3n) is 2.96. The van der Waals surface area contributed by atoms with Crippen molar-refractivity contribution in [2.24, 2.45) is 5.92 Å². The Balaban J connectivity index is 2.92. The zero-order chi connectivity index (χ0) is 14.6. The molecule has 0 aliphatic heterocycles. The second kappa shape index (κ2) is 6.19. The SMILES string of the molecule is CCC(NC(=O)C(C)C)c1ccc(S(C)(=O)=O)cc1. The van der Waals surface area contributed by atoms with E-state index in [4.69, 9.17) is 0 Å². The van der Waals surface area contributed by atoms with Crippen LogP contribution in [0.3, 0.4) is 0 Å². The minimum Gasteiger partial charge on any atom is -0.349 e. The first kappa shape index (κ1) is 15.7. The predicted octanol–water partition coefficient (Wildman–Crippen LogP) is 2.31. The molecule has 4 nitrogen and oxygen atoms in total. The van der Waals surface area contributed by atoms with Crippen molar-refractivity contribution in [3.63, 3.8) is 0 Å². The van der Waals surface area contributed by atoms with Crippen molar-refractivity contribution in [1.82, 2.24) is 5.32 Å². The Morgan fingerprint density at radius 1 is 1.21 bits per heavy atom. The van der Waals surface area contributed by atoms with Crippen LogP contribution in [0.2, 0.25) is 0 Å². The van der Waals surface area contributed by atoms with Crippen molar-refractivity contribution >= 4 is 15.7 Å². The summed E-state index contributed by atoms with van der Waals surface area (Å²) in [7, 11) is -3.18. The van der Waals surface area contributed by atoms with Gasteiger partial charge in [0.25, 0.3) is 0 Å². The summed E-state index contributed by atoms with van der Waals surface area (Å²) in [5, 5.41) is 2.95. The topological polar surface area (TPSA) is 63.2 Å². The quantitative estimate of drug-likeness (QED) is 0.902. The Kier molecular flexibility index (Phi) is 5.11. The number of hydrogen-bond donors (Lipinski definition) is 1. The van der Waals surface area contributed by atoms with Crippen molar-refractivity contribution in [2.45, 2.75) is 38.1 Å². The maximum Gasteiger partial charge on any atom is 0.223 e. The van der Waals surface area contributed by atoms with Crippen LogP contribution in [0.5, 0.6) is 0 Å². The molecule has 0 saturated carbocycles. The Morgan fingerprint density at radius 2 is 1.74 bits per heavy atom. The average molecular weight is 283 g/mol. The number of nitrogens with one attached hydrogen (secondary N) is 1. The van der Waals surface area contributed by atoms with Gasteiger partial charge in [-0.15, -0.1) is 0 Å². The van der Waals surface area contributed by atoms with Crippen molar-refractivity contribution < 1.29 is 13.2 Å². The highest BCUT2D eigenvalue weighted by molar-refractivity contribution is 7.90. The Labute approximate surface area is 115 Å². The average Bonchev–Trinajstić information content (AvgIpc) is 2.34. The van der Waals surface area contributed by atoms with Crippen molar-refractivity contribution in [3.05, 3.63) is 29.8 Å². The zero-order valence-corrected chi connectivity index (χ0v) is 12.6. The van der Waals surface area contributed by atoms with E-state index >= 15 is 0 Å². The number of carbonyl (C=O) groups is 1. The third-order valence-corrected chi connectivity index (χ3v) is 4.09. The maximum absolute atomic E-state index is 11.7. The standard InChI is InChI=1S/C14H21NO3S/c1-5-13(15-14(16)10(2)3)11-6-8-12(9-7-11)19(4,17)18/h6-10,13H,5H2,1-4H3,(H,15,16). The van der Waals surface area contributed by atoms with E-state index in [2.05, 4.69) is 5.32 Å². The molecule has 1 unspecified atom stereocenters. The van der Waals surface area contributed by atoms with Gasteiger partial charge in [0.1, 0.15) is 0 Å². The van der Waals surface area contributed by atoms with Crippen molar-refractivity contribution in [1.29, 1.82) is 0 Å². The highest BCUT2D eigenvalue weighted by Crippen LogP contribution is 2.19. The van der Waals surface area contributed by atoms with Gasteiger partial charge in [-0.2, -0.15) is 0 Å². The molecule has 0 aliphatic rings. The van der Waals surface area contributed by atoms with Crippen LogP contribution in [0.4, 0.5) is 0 Å². The summed E-state index contributed by atoms with van der Waals surface area (Å²) in [6.07, 6.45) is 1.94. The van der Waals surface area contributed by atoms with Gasteiger partial charge in [0.2, 0.25) is 5.91 Å². The fraction of sp³-hybridized carbons (Fsp3) is 0.500. The van der Waals surface area contributed by atoms with Crippen molar-refractivity contribution in [2.75, 3.05) is 6.26 Å². The lowest BCUT2D eigenvalue weighted by molar-refractivity contribution is -0.124. The van der Waals surface area contributed by atoms with Gasteiger partial charge in [-0.05, 0) is 24.1 Å². The molecule has 1 aromatic carbocycles. The summed E-state index contributed by atoms with van der Waals surface area (Å²) in [5.41, 5.74) is 0.920. The first-order chi connectivity index (χ1) is 8.75. The normalized spacial score (nSPS) is 13.3. The van der Waals surface area contributed by atoms with Crippen LogP contribution in [-0.2, 0) is 14.6 Å². The molecule has 106 valence electrons. The fourth-order valence-corrected chi connectivity index (χ4v) is 2.34. The molecule has 5 heteroatoms. The van der Waals surface area contributed by atoms with Crippen LogP contribution in [-0.4, -0.2) is 20.6 Å². The largest absolute Gasteiger partial charge is 0.349 e. The minimum atomic E-state index is -3.18. The Morgan fingerprint density at radius 3 is 2.11 bits per heavy atom. The molecule has 0 bridgehead atoms. The molecule has 1 amide bonds. The maximum atomic E-state index is 11.7. The first-order valence-corrected chi connectivity index (χ1v) is 8.25. The molecule has 0 saturated heterocycles. The molecule has 19 heavy (non-hydrogen) atoms. The summed E-state index contributed by atoms with van der Waals surface area (Å²) in [5.74, 6) is -0.0663. The van der Waals surface area contributed by atoms with E-state index in [1.165, 1.54) is 6.26 Å². The lowest BCUT2D eigenvalue weighted by Gasteiger charge is -2.19. The molecule has 0 aromatic heterocycles. The van der Waals surface area contributed by atoms with Crippen LogP contribution in [0, 0.1) is 5.92 Å². The first-order valence-electron chi connectivity index (χ1n) is 6.36. The highest BCUT2D eigenvalue weighted by atomic mass is 32.2. The molecular formula is C14H21NO3S. The molecule has 0 aliphatic carbocycles. The molecule has 0 spiro atoms. The zero-order valence-electron chi connectivity index (χ0n) is 11.8. The van der Waals surface area contributed by atoms with Crippen molar-refractivity contribution in [3.8, 4) is 0 Å². The van der Waals surface area contributed by atoms with E-state index in [-0.39, 0.29) is 17.9 Å². The molecule has 1 N–H and O–H groups in total. The second-order valence-electron chi connectivity index (χ2n) is 4.97. The monoisotopic (exact) mass is 283 g/mol. The van der Waals surface area contributed by atoms with Gasteiger partial charge < -0.3 is 5.32 Å². The lowest BCUT2D eigenvalue weighted by atomic mass is 10.0. The van der Waals surface area contributed by atoms with Crippen LogP contribution in [0.15, 0.2) is 29.2 Å². The van der Waals surface area contributed by atoms with E-state index in [1.807, 2.05) is 20.8 Å².